The fraction of sp³-hybridized carbons (Fsp3) is 0.538. The zero-order chi connectivity index (χ0) is 26.5. The summed E-state index contributed by atoms with van der Waals surface area (Å²) in [7, 11) is 1.65. The molecule has 0 saturated carbocycles. The van der Waals surface area contributed by atoms with E-state index >= 15 is 0 Å². The molecule has 196 valence electrons. The van der Waals surface area contributed by atoms with Gasteiger partial charge in [0.2, 0.25) is 0 Å². The number of ether oxygens (including phenoxy) is 1. The van der Waals surface area contributed by atoms with E-state index in [1.165, 1.54) is 0 Å². The van der Waals surface area contributed by atoms with Crippen LogP contribution >= 0.6 is 11.3 Å². The predicted octanol–water partition coefficient (Wildman–Crippen LogP) is 3.68. The summed E-state index contributed by atoms with van der Waals surface area (Å²) in [6.45, 7) is 9.64. The molecule has 2 heterocycles. The Morgan fingerprint density at radius 3 is 2.42 bits per heavy atom. The number of likely N-dealkylation sites (tertiary alicyclic amines) is 1. The number of likely N-dealkylation sites (N-methyl/N-ethyl adjacent to an activating group) is 1. The molecule has 1 fully saturated rings. The Morgan fingerprint density at radius 1 is 1.14 bits per heavy atom. The number of nitrogens with zero attached hydrogens (tertiary/aromatic N) is 2. The Kier molecular flexibility index (Phi) is 9.08. The van der Waals surface area contributed by atoms with Crippen LogP contribution in [0.5, 0.6) is 0 Å². The maximum absolute atomic E-state index is 13.3. The molecule has 1 aliphatic heterocycles. The van der Waals surface area contributed by atoms with Crippen molar-refractivity contribution < 1.29 is 19.1 Å². The number of benzene rings is 1. The van der Waals surface area contributed by atoms with Crippen LogP contribution in [-0.4, -0.2) is 59.2 Å². The second kappa shape index (κ2) is 11.8. The Labute approximate surface area is 217 Å². The maximum atomic E-state index is 13.3. The van der Waals surface area contributed by atoms with E-state index in [1.54, 1.807) is 57.2 Å². The summed E-state index contributed by atoms with van der Waals surface area (Å²) in [4.78, 5) is 44.5. The van der Waals surface area contributed by atoms with Crippen LogP contribution in [0.3, 0.4) is 0 Å². The van der Waals surface area contributed by atoms with Crippen molar-refractivity contribution in [2.45, 2.75) is 71.3 Å². The smallest absolute Gasteiger partial charge is 0.407 e. The lowest BCUT2D eigenvalue weighted by molar-refractivity contribution is -0.149. The molecular weight excluding hydrogens is 478 g/mol. The monoisotopic (exact) mass is 515 g/mol. The van der Waals surface area contributed by atoms with E-state index in [2.05, 4.69) is 27.9 Å². The van der Waals surface area contributed by atoms with Gasteiger partial charge in [-0.15, -0.1) is 11.3 Å². The molecule has 3 amide bonds. The lowest BCUT2D eigenvalue weighted by Gasteiger charge is -2.39. The molecule has 3 rings (SSSR count). The van der Waals surface area contributed by atoms with Gasteiger partial charge in [-0.3, -0.25) is 14.9 Å². The summed E-state index contributed by atoms with van der Waals surface area (Å²) >= 11 is 1.57. The molecule has 2 aromatic rings. The molecule has 9 nitrogen and oxygen atoms in total. The van der Waals surface area contributed by atoms with Crippen molar-refractivity contribution >= 4 is 29.2 Å². The van der Waals surface area contributed by atoms with Crippen LogP contribution in [0.2, 0.25) is 0 Å². The van der Waals surface area contributed by atoms with Gasteiger partial charge in [-0.1, -0.05) is 31.2 Å². The number of amides is 3. The van der Waals surface area contributed by atoms with Crippen molar-refractivity contribution in [2.75, 3.05) is 13.6 Å². The summed E-state index contributed by atoms with van der Waals surface area (Å²) in [5, 5.41) is 11.3. The normalized spacial score (nSPS) is 19.8. The van der Waals surface area contributed by atoms with E-state index in [0.29, 0.717) is 12.5 Å². The third kappa shape index (κ3) is 7.27. The Balaban J connectivity index is 1.69. The van der Waals surface area contributed by atoms with Crippen molar-refractivity contribution in [1.29, 1.82) is 0 Å². The van der Waals surface area contributed by atoms with E-state index in [9.17, 15) is 14.4 Å². The molecule has 1 aliphatic rings. The van der Waals surface area contributed by atoms with E-state index in [-0.39, 0.29) is 6.04 Å². The van der Waals surface area contributed by atoms with Crippen molar-refractivity contribution in [3.05, 3.63) is 41.4 Å². The van der Waals surface area contributed by atoms with Gasteiger partial charge in [0.05, 0.1) is 12.1 Å². The third-order valence-corrected chi connectivity index (χ3v) is 6.91. The molecule has 3 N–H and O–H groups in total. The quantitative estimate of drug-likeness (QED) is 0.400. The predicted molar refractivity (Wildman–Crippen MR) is 140 cm³/mol. The van der Waals surface area contributed by atoms with E-state index in [1.807, 2.05) is 29.6 Å². The zero-order valence-corrected chi connectivity index (χ0v) is 22.6. The summed E-state index contributed by atoms with van der Waals surface area (Å²) < 4.78 is 5.29. The van der Waals surface area contributed by atoms with Crippen LogP contribution in [0.15, 0.2) is 35.8 Å². The number of piperidine rings is 1. The Hall–Kier alpha value is -2.98. The first kappa shape index (κ1) is 27.6. The molecule has 36 heavy (non-hydrogen) atoms. The molecule has 1 saturated heterocycles. The standard InChI is InChI=1S/C26H37N5O4S/c1-16-7-12-20(18-8-10-19(11-9-18)23-28-13-14-36-23)31(15-16)24(33)22(32)30-21(27-6)17(2)29-25(34)35-26(3,4)5/h8-11,13-14,16-17,20-21,27H,7,12,15H2,1-6H3,(H,29,34)(H,30,32)/t16-,17?,20+,21+/m1/s1. The van der Waals surface area contributed by atoms with Crippen LogP contribution in [0.25, 0.3) is 10.6 Å². The number of rotatable bonds is 6. The number of hydrogen-bond acceptors (Lipinski definition) is 7. The van der Waals surface area contributed by atoms with Crippen LogP contribution < -0.4 is 16.0 Å². The zero-order valence-electron chi connectivity index (χ0n) is 21.8. The molecule has 0 spiro atoms. The second-order valence-electron chi connectivity index (χ2n) is 10.3. The first-order valence-electron chi connectivity index (χ1n) is 12.3. The summed E-state index contributed by atoms with van der Waals surface area (Å²) in [6.07, 6.45) is 2.27. The average Bonchev–Trinajstić information content (AvgIpc) is 3.35. The first-order valence-corrected chi connectivity index (χ1v) is 13.1. The van der Waals surface area contributed by atoms with Gasteiger partial charge < -0.3 is 20.3 Å². The van der Waals surface area contributed by atoms with Crippen molar-refractivity contribution in [3.63, 3.8) is 0 Å². The summed E-state index contributed by atoms with van der Waals surface area (Å²) in [5.41, 5.74) is 1.38. The van der Waals surface area contributed by atoms with E-state index in [0.717, 1.165) is 29.0 Å². The molecule has 0 radical (unpaired) electrons. The first-order chi connectivity index (χ1) is 17.0. The summed E-state index contributed by atoms with van der Waals surface area (Å²) in [6, 6.07) is 7.34. The highest BCUT2D eigenvalue weighted by Crippen LogP contribution is 2.34. The fourth-order valence-corrected chi connectivity index (χ4v) is 4.94. The third-order valence-electron chi connectivity index (χ3n) is 6.09. The van der Waals surface area contributed by atoms with Crippen molar-refractivity contribution in [2.24, 2.45) is 5.92 Å². The van der Waals surface area contributed by atoms with Crippen molar-refractivity contribution in [3.8, 4) is 10.6 Å². The van der Waals surface area contributed by atoms with Gasteiger partial charge in [0.1, 0.15) is 16.8 Å². The second-order valence-corrected chi connectivity index (χ2v) is 11.2. The SMILES string of the molecule is CN[C@@H](NC(=O)C(=O)N1C[C@H](C)CC[C@H]1c1ccc(-c2nccs2)cc1)C(C)NC(=O)OC(C)(C)C. The number of hydrogen-bond donors (Lipinski definition) is 3. The molecule has 0 bridgehead atoms. The van der Waals surface area contributed by atoms with Gasteiger partial charge in [0.25, 0.3) is 0 Å². The van der Waals surface area contributed by atoms with Crippen LogP contribution in [0.4, 0.5) is 4.79 Å². The number of nitrogens with one attached hydrogen (secondary N) is 3. The van der Waals surface area contributed by atoms with Gasteiger partial charge in [-0.05, 0) is 59.1 Å². The lowest BCUT2D eigenvalue weighted by atomic mass is 9.89. The van der Waals surface area contributed by atoms with Gasteiger partial charge in [-0.25, -0.2) is 9.78 Å². The largest absolute Gasteiger partial charge is 0.444 e. The number of carbonyl (C=O) groups is 3. The molecule has 1 aromatic carbocycles. The maximum Gasteiger partial charge on any atom is 0.407 e. The summed E-state index contributed by atoms with van der Waals surface area (Å²) in [5.74, 6) is -1.01. The van der Waals surface area contributed by atoms with Crippen molar-refractivity contribution in [1.82, 2.24) is 25.8 Å². The lowest BCUT2D eigenvalue weighted by Crippen LogP contribution is -2.59. The number of thiazole rings is 1. The van der Waals surface area contributed by atoms with Crippen LogP contribution in [0, 0.1) is 5.92 Å². The van der Waals surface area contributed by atoms with Gasteiger partial charge >= 0.3 is 17.9 Å². The minimum atomic E-state index is -0.717. The van der Waals surface area contributed by atoms with Crippen LogP contribution in [0.1, 0.15) is 59.1 Å². The fourth-order valence-electron chi connectivity index (χ4n) is 4.29. The number of alkyl carbamates (subject to hydrolysis) is 1. The molecule has 1 aromatic heterocycles. The average molecular weight is 516 g/mol. The number of aromatic nitrogens is 1. The number of carbonyl (C=O) groups excluding carboxylic acids is 3. The van der Waals surface area contributed by atoms with Gasteiger partial charge in [0, 0.05) is 23.7 Å². The highest BCUT2D eigenvalue weighted by atomic mass is 32.1. The van der Waals surface area contributed by atoms with Gasteiger partial charge in [-0.2, -0.15) is 0 Å². The molecule has 0 aliphatic carbocycles. The molecule has 1 unspecified atom stereocenters. The topological polar surface area (TPSA) is 113 Å². The minimum absolute atomic E-state index is 0.185. The van der Waals surface area contributed by atoms with Gasteiger partial charge in [0.15, 0.2) is 0 Å². The molecule has 10 heteroatoms. The Bertz CT molecular complexity index is 1040. The Morgan fingerprint density at radius 2 is 1.83 bits per heavy atom. The molecular formula is C26H37N5O4S. The highest BCUT2D eigenvalue weighted by Gasteiger charge is 2.35. The molecule has 4 atom stereocenters. The minimum Gasteiger partial charge on any atom is -0.444 e. The highest BCUT2D eigenvalue weighted by molar-refractivity contribution is 7.13. The van der Waals surface area contributed by atoms with Crippen LogP contribution in [-0.2, 0) is 14.3 Å². The van der Waals surface area contributed by atoms with E-state index < -0.39 is 35.7 Å². The van der Waals surface area contributed by atoms with E-state index in [4.69, 9.17) is 4.74 Å².